The lowest BCUT2D eigenvalue weighted by molar-refractivity contribution is 0.0995. The molecular weight excluding hydrogens is 336 g/mol. The van der Waals surface area contributed by atoms with E-state index in [1.165, 1.54) is 6.20 Å². The lowest BCUT2D eigenvalue weighted by Crippen LogP contribution is -2.13. The number of primary amides is 1. The first-order valence-electron chi connectivity index (χ1n) is 8.94. The molecule has 0 saturated carbocycles. The molecule has 5 nitrogen and oxygen atoms in total. The van der Waals surface area contributed by atoms with Crippen LogP contribution >= 0.6 is 0 Å². The molecule has 0 aliphatic carbocycles. The Labute approximate surface area is 158 Å². The van der Waals surface area contributed by atoms with Gasteiger partial charge in [-0.25, -0.2) is 4.98 Å². The van der Waals surface area contributed by atoms with Crippen molar-refractivity contribution in [2.75, 3.05) is 0 Å². The van der Waals surface area contributed by atoms with Gasteiger partial charge in [-0.2, -0.15) is 0 Å². The van der Waals surface area contributed by atoms with Gasteiger partial charge in [-0.05, 0) is 42.3 Å². The Bertz CT molecular complexity index is 1100. The summed E-state index contributed by atoms with van der Waals surface area (Å²) >= 11 is 0. The normalized spacial score (nSPS) is 10.3. The zero-order valence-electron chi connectivity index (χ0n) is 15.7. The van der Waals surface area contributed by atoms with E-state index in [-0.39, 0.29) is 0 Å². The predicted molar refractivity (Wildman–Crippen MR) is 108 cm³/mol. The van der Waals surface area contributed by atoms with E-state index in [9.17, 15) is 4.79 Å². The van der Waals surface area contributed by atoms with Gasteiger partial charge in [0.1, 0.15) is 11.3 Å². The highest BCUT2D eigenvalue weighted by molar-refractivity contribution is 5.92. The number of amides is 1. The third-order valence-electron chi connectivity index (χ3n) is 4.16. The van der Waals surface area contributed by atoms with Crippen molar-refractivity contribution in [1.29, 1.82) is 0 Å². The molecule has 4 aromatic rings. The molecule has 0 bridgehead atoms. The van der Waals surface area contributed by atoms with Crippen molar-refractivity contribution in [1.82, 2.24) is 14.4 Å². The summed E-state index contributed by atoms with van der Waals surface area (Å²) < 4.78 is 1.72. The lowest BCUT2D eigenvalue weighted by Gasteiger charge is -2.11. The van der Waals surface area contributed by atoms with E-state index >= 15 is 0 Å². The molecule has 4 rings (SSSR count). The van der Waals surface area contributed by atoms with Crippen LogP contribution in [0.25, 0.3) is 28.0 Å². The first-order valence-corrected chi connectivity index (χ1v) is 8.94. The second-order valence-electron chi connectivity index (χ2n) is 5.86. The molecule has 0 spiro atoms. The summed E-state index contributed by atoms with van der Waals surface area (Å²) in [4.78, 5) is 20.5. The predicted octanol–water partition coefficient (Wildman–Crippen LogP) is 4.50. The Kier molecular flexibility index (Phi) is 5.31. The summed E-state index contributed by atoms with van der Waals surface area (Å²) in [6.07, 6.45) is 3.38. The number of carbonyl (C=O) groups excluding carboxylic acids is 1. The van der Waals surface area contributed by atoms with Gasteiger partial charge in [0.25, 0.3) is 5.91 Å². The van der Waals surface area contributed by atoms with Gasteiger partial charge < -0.3 is 5.73 Å². The van der Waals surface area contributed by atoms with Crippen molar-refractivity contribution >= 4 is 11.6 Å². The van der Waals surface area contributed by atoms with Gasteiger partial charge in [0, 0.05) is 17.5 Å². The van der Waals surface area contributed by atoms with Gasteiger partial charge >= 0.3 is 0 Å². The van der Waals surface area contributed by atoms with E-state index in [2.05, 4.69) is 9.97 Å². The van der Waals surface area contributed by atoms with Gasteiger partial charge in [0.15, 0.2) is 0 Å². The van der Waals surface area contributed by atoms with Crippen LogP contribution in [0.1, 0.15) is 30.0 Å². The Balaban J connectivity index is 0.00000102. The summed E-state index contributed by atoms with van der Waals surface area (Å²) in [5, 5.41) is 0. The molecule has 5 heteroatoms. The zero-order chi connectivity index (χ0) is 19.4. The zero-order valence-corrected chi connectivity index (χ0v) is 15.7. The van der Waals surface area contributed by atoms with Crippen molar-refractivity contribution in [2.45, 2.75) is 20.8 Å². The third kappa shape index (κ3) is 3.58. The number of aromatic nitrogens is 3. The summed E-state index contributed by atoms with van der Waals surface area (Å²) in [6, 6.07) is 17.9. The van der Waals surface area contributed by atoms with Crippen LogP contribution in [-0.4, -0.2) is 20.3 Å². The maximum Gasteiger partial charge on any atom is 0.267 e. The minimum absolute atomic E-state index is 0.364. The highest BCUT2D eigenvalue weighted by Gasteiger charge is 2.12. The molecule has 27 heavy (non-hydrogen) atoms. The van der Waals surface area contributed by atoms with Crippen molar-refractivity contribution < 1.29 is 4.79 Å². The maximum atomic E-state index is 11.6. The molecule has 0 aliphatic rings. The topological polar surface area (TPSA) is 73.3 Å². The van der Waals surface area contributed by atoms with Crippen molar-refractivity contribution in [2.24, 2.45) is 5.73 Å². The number of fused-ring (bicyclic) bond motifs is 1. The standard InChI is InChI=1S/C20H16N4O.C2H6/c1-13-5-4-8-17(23-13)16-7-3-2-6-15(16)14-9-10-19-22-11-18(20(21)25)24(19)12-14;1-2/h2-12H,1H3,(H2,21,25);1-2H3. The van der Waals surface area contributed by atoms with Crippen LogP contribution in [0.15, 0.2) is 67.0 Å². The molecule has 0 fully saturated rings. The quantitative estimate of drug-likeness (QED) is 0.586. The van der Waals surface area contributed by atoms with Gasteiger partial charge in [-0.3, -0.25) is 14.2 Å². The van der Waals surface area contributed by atoms with Crippen LogP contribution < -0.4 is 5.73 Å². The van der Waals surface area contributed by atoms with Crippen molar-refractivity contribution in [3.63, 3.8) is 0 Å². The summed E-state index contributed by atoms with van der Waals surface area (Å²) in [7, 11) is 0. The molecule has 0 aliphatic heterocycles. The lowest BCUT2D eigenvalue weighted by atomic mass is 9.98. The molecule has 0 radical (unpaired) electrons. The molecule has 1 aromatic carbocycles. The number of pyridine rings is 2. The molecule has 136 valence electrons. The van der Waals surface area contributed by atoms with Crippen LogP contribution in [0.4, 0.5) is 0 Å². The minimum Gasteiger partial charge on any atom is -0.364 e. The van der Waals surface area contributed by atoms with Crippen LogP contribution in [0, 0.1) is 6.92 Å². The van der Waals surface area contributed by atoms with Gasteiger partial charge in [0.05, 0.1) is 11.9 Å². The van der Waals surface area contributed by atoms with Gasteiger partial charge in [-0.15, -0.1) is 0 Å². The first-order chi connectivity index (χ1) is 13.1. The fraction of sp³-hybridized carbons (Fsp3) is 0.136. The third-order valence-corrected chi connectivity index (χ3v) is 4.16. The average Bonchev–Trinajstić information content (AvgIpc) is 3.13. The fourth-order valence-electron chi connectivity index (χ4n) is 2.97. The summed E-state index contributed by atoms with van der Waals surface area (Å²) in [5.41, 5.74) is 11.4. The Morgan fingerprint density at radius 1 is 0.963 bits per heavy atom. The maximum absolute atomic E-state index is 11.6. The molecule has 0 atom stereocenters. The largest absolute Gasteiger partial charge is 0.364 e. The summed E-state index contributed by atoms with van der Waals surface area (Å²) in [6.45, 7) is 5.97. The molecular formula is C22H22N4O. The number of benzene rings is 1. The second kappa shape index (κ2) is 7.83. The fourth-order valence-corrected chi connectivity index (χ4v) is 2.97. The Hall–Kier alpha value is -3.47. The first kappa shape index (κ1) is 18.3. The Morgan fingerprint density at radius 2 is 1.70 bits per heavy atom. The number of aryl methyl sites for hydroxylation is 1. The van der Waals surface area contributed by atoms with E-state index < -0.39 is 5.91 Å². The second-order valence-corrected chi connectivity index (χ2v) is 5.86. The number of imidazole rings is 1. The monoisotopic (exact) mass is 358 g/mol. The van der Waals surface area contributed by atoms with Crippen molar-refractivity contribution in [3.05, 3.63) is 78.4 Å². The van der Waals surface area contributed by atoms with Gasteiger partial charge in [0.2, 0.25) is 0 Å². The van der Waals surface area contributed by atoms with E-state index in [1.54, 1.807) is 4.40 Å². The summed E-state index contributed by atoms with van der Waals surface area (Å²) in [5.74, 6) is -0.502. The van der Waals surface area contributed by atoms with Crippen LogP contribution in [0.2, 0.25) is 0 Å². The SMILES string of the molecule is CC.Cc1cccc(-c2ccccc2-c2ccc3ncc(C(N)=O)n3c2)n1. The van der Waals surface area contributed by atoms with Crippen LogP contribution in [0.5, 0.6) is 0 Å². The molecule has 0 unspecified atom stereocenters. The van der Waals surface area contributed by atoms with E-state index in [4.69, 9.17) is 5.73 Å². The van der Waals surface area contributed by atoms with E-state index in [0.29, 0.717) is 11.3 Å². The number of rotatable bonds is 3. The molecule has 2 N–H and O–H groups in total. The minimum atomic E-state index is -0.502. The number of nitrogens with two attached hydrogens (primary N) is 1. The molecule has 3 aromatic heterocycles. The molecule has 1 amide bonds. The highest BCUT2D eigenvalue weighted by atomic mass is 16.1. The molecule has 3 heterocycles. The Morgan fingerprint density at radius 3 is 2.41 bits per heavy atom. The number of hydrogen-bond acceptors (Lipinski definition) is 3. The number of nitrogens with zero attached hydrogens (tertiary/aromatic N) is 3. The average molecular weight is 358 g/mol. The van der Waals surface area contributed by atoms with E-state index in [0.717, 1.165) is 28.1 Å². The van der Waals surface area contributed by atoms with E-state index in [1.807, 2.05) is 81.6 Å². The highest BCUT2D eigenvalue weighted by Crippen LogP contribution is 2.31. The van der Waals surface area contributed by atoms with Crippen molar-refractivity contribution in [3.8, 4) is 22.4 Å². The smallest absolute Gasteiger partial charge is 0.267 e. The van der Waals surface area contributed by atoms with Crippen LogP contribution in [-0.2, 0) is 0 Å². The number of carbonyl (C=O) groups is 1. The van der Waals surface area contributed by atoms with Crippen LogP contribution in [0.3, 0.4) is 0 Å². The molecule has 0 saturated heterocycles. The number of hydrogen-bond donors (Lipinski definition) is 1. The van der Waals surface area contributed by atoms with Gasteiger partial charge in [-0.1, -0.05) is 44.2 Å².